The Balaban J connectivity index is 1.94. The molecule has 1 amide bonds. The van der Waals surface area contributed by atoms with Crippen molar-refractivity contribution >= 4 is 11.6 Å². The molecule has 0 heterocycles. The van der Waals surface area contributed by atoms with Crippen molar-refractivity contribution in [1.29, 1.82) is 0 Å². The van der Waals surface area contributed by atoms with Crippen LogP contribution in [0.3, 0.4) is 0 Å². The topological polar surface area (TPSA) is 32.3 Å². The summed E-state index contributed by atoms with van der Waals surface area (Å²) in [6.45, 7) is 0.828. The first-order valence-electron chi connectivity index (χ1n) is 5.72. The van der Waals surface area contributed by atoms with Crippen LogP contribution in [0.1, 0.15) is 23.2 Å². The van der Waals surface area contributed by atoms with Gasteiger partial charge in [-0.1, -0.05) is 0 Å². The van der Waals surface area contributed by atoms with E-state index in [1.165, 1.54) is 12.8 Å². The molecule has 1 aliphatic carbocycles. The zero-order valence-electron chi connectivity index (χ0n) is 9.86. The average molecular weight is 218 g/mol. The Bertz CT molecular complexity index is 366. The molecule has 1 aliphatic rings. The fourth-order valence-electron chi connectivity index (χ4n) is 1.57. The van der Waals surface area contributed by atoms with Crippen LogP contribution in [0.4, 0.5) is 5.69 Å². The van der Waals surface area contributed by atoms with Crippen LogP contribution < -0.4 is 10.2 Å². The number of hydrogen-bond acceptors (Lipinski definition) is 2. The Labute approximate surface area is 96.5 Å². The Hall–Kier alpha value is -1.51. The van der Waals surface area contributed by atoms with Crippen LogP contribution in [0.5, 0.6) is 0 Å². The minimum absolute atomic E-state index is 0.0391. The van der Waals surface area contributed by atoms with Gasteiger partial charge in [0.25, 0.3) is 5.91 Å². The van der Waals surface area contributed by atoms with Gasteiger partial charge in [0.1, 0.15) is 0 Å². The third-order valence-electron chi connectivity index (χ3n) is 2.89. The highest BCUT2D eigenvalue weighted by atomic mass is 16.1. The first-order valence-corrected chi connectivity index (χ1v) is 5.72. The van der Waals surface area contributed by atoms with Gasteiger partial charge < -0.3 is 10.2 Å². The predicted molar refractivity (Wildman–Crippen MR) is 65.8 cm³/mol. The lowest BCUT2D eigenvalue weighted by molar-refractivity contribution is 0.0952. The quantitative estimate of drug-likeness (QED) is 0.837. The molecule has 3 heteroatoms. The molecule has 1 aromatic rings. The smallest absolute Gasteiger partial charge is 0.251 e. The third-order valence-corrected chi connectivity index (χ3v) is 2.89. The van der Waals surface area contributed by atoms with Crippen molar-refractivity contribution in [3.63, 3.8) is 0 Å². The van der Waals surface area contributed by atoms with Gasteiger partial charge in [-0.3, -0.25) is 4.79 Å². The summed E-state index contributed by atoms with van der Waals surface area (Å²) in [6, 6.07) is 7.67. The fraction of sp³-hybridized carbons (Fsp3) is 0.462. The predicted octanol–water partition coefficient (Wildman–Crippen LogP) is 1.89. The summed E-state index contributed by atoms with van der Waals surface area (Å²) in [5.41, 5.74) is 1.85. The highest BCUT2D eigenvalue weighted by Gasteiger charge is 2.21. The van der Waals surface area contributed by atoms with Gasteiger partial charge in [-0.15, -0.1) is 0 Å². The molecule has 0 unspecified atom stereocenters. The van der Waals surface area contributed by atoms with E-state index in [0.29, 0.717) is 0 Å². The summed E-state index contributed by atoms with van der Waals surface area (Å²) in [4.78, 5) is 13.8. The molecule has 0 saturated heterocycles. The lowest BCUT2D eigenvalue weighted by Gasteiger charge is -2.12. The Morgan fingerprint density at radius 1 is 1.31 bits per heavy atom. The van der Waals surface area contributed by atoms with E-state index in [1.807, 2.05) is 43.3 Å². The van der Waals surface area contributed by atoms with Crippen molar-refractivity contribution in [1.82, 2.24) is 5.32 Å². The van der Waals surface area contributed by atoms with E-state index in [1.54, 1.807) is 0 Å². The van der Waals surface area contributed by atoms with Gasteiger partial charge in [0, 0.05) is 31.9 Å². The largest absolute Gasteiger partial charge is 0.378 e. The molecule has 3 nitrogen and oxygen atoms in total. The Morgan fingerprint density at radius 2 is 1.94 bits per heavy atom. The third kappa shape index (κ3) is 2.75. The second-order valence-electron chi connectivity index (χ2n) is 4.59. The van der Waals surface area contributed by atoms with Gasteiger partial charge in [0.05, 0.1) is 0 Å². The number of anilines is 1. The molecular formula is C13H18N2O. The standard InChI is InChI=1S/C13H18N2O/c1-15(2)12-7-5-11(6-8-12)13(16)14-9-10-3-4-10/h5-8,10H,3-4,9H2,1-2H3,(H,14,16). The van der Waals surface area contributed by atoms with Gasteiger partial charge in [0.2, 0.25) is 0 Å². The van der Waals surface area contributed by atoms with Crippen LogP contribution in [0.15, 0.2) is 24.3 Å². The van der Waals surface area contributed by atoms with Crippen LogP contribution in [-0.2, 0) is 0 Å². The molecule has 1 aromatic carbocycles. The molecule has 1 fully saturated rings. The molecule has 86 valence electrons. The van der Waals surface area contributed by atoms with Crippen molar-refractivity contribution in [2.75, 3.05) is 25.5 Å². The fourth-order valence-corrected chi connectivity index (χ4v) is 1.57. The minimum atomic E-state index is 0.0391. The number of benzene rings is 1. The first-order chi connectivity index (χ1) is 7.66. The van der Waals surface area contributed by atoms with Crippen molar-refractivity contribution < 1.29 is 4.79 Å². The molecule has 0 aromatic heterocycles. The van der Waals surface area contributed by atoms with E-state index in [0.717, 1.165) is 23.7 Å². The van der Waals surface area contributed by atoms with Gasteiger partial charge >= 0.3 is 0 Å². The minimum Gasteiger partial charge on any atom is -0.378 e. The van der Waals surface area contributed by atoms with Crippen LogP contribution in [-0.4, -0.2) is 26.5 Å². The second-order valence-corrected chi connectivity index (χ2v) is 4.59. The number of carbonyl (C=O) groups is 1. The van der Waals surface area contributed by atoms with Crippen molar-refractivity contribution in [2.24, 2.45) is 5.92 Å². The molecule has 1 saturated carbocycles. The average Bonchev–Trinajstić information content (AvgIpc) is 3.10. The maximum absolute atomic E-state index is 11.7. The number of amides is 1. The zero-order valence-corrected chi connectivity index (χ0v) is 9.86. The van der Waals surface area contributed by atoms with E-state index < -0.39 is 0 Å². The summed E-state index contributed by atoms with van der Waals surface area (Å²) >= 11 is 0. The number of hydrogen-bond donors (Lipinski definition) is 1. The molecular weight excluding hydrogens is 200 g/mol. The summed E-state index contributed by atoms with van der Waals surface area (Å²) in [5, 5.41) is 2.96. The van der Waals surface area contributed by atoms with Crippen molar-refractivity contribution in [2.45, 2.75) is 12.8 Å². The highest BCUT2D eigenvalue weighted by molar-refractivity contribution is 5.94. The van der Waals surface area contributed by atoms with E-state index in [9.17, 15) is 4.79 Å². The molecule has 0 spiro atoms. The SMILES string of the molecule is CN(C)c1ccc(C(=O)NCC2CC2)cc1. The molecule has 0 radical (unpaired) electrons. The zero-order chi connectivity index (χ0) is 11.5. The Morgan fingerprint density at radius 3 is 2.44 bits per heavy atom. The van der Waals surface area contributed by atoms with Crippen molar-refractivity contribution in [3.05, 3.63) is 29.8 Å². The summed E-state index contributed by atoms with van der Waals surface area (Å²) in [5.74, 6) is 0.766. The van der Waals surface area contributed by atoms with E-state index in [2.05, 4.69) is 5.32 Å². The number of nitrogens with zero attached hydrogens (tertiary/aromatic N) is 1. The van der Waals surface area contributed by atoms with E-state index in [-0.39, 0.29) is 5.91 Å². The summed E-state index contributed by atoms with van der Waals surface area (Å²) in [6.07, 6.45) is 2.53. The highest BCUT2D eigenvalue weighted by Crippen LogP contribution is 2.27. The first kappa shape index (κ1) is 11.0. The number of rotatable bonds is 4. The van der Waals surface area contributed by atoms with Crippen LogP contribution in [0.2, 0.25) is 0 Å². The normalized spacial score (nSPS) is 14.6. The second kappa shape index (κ2) is 4.56. The monoisotopic (exact) mass is 218 g/mol. The molecule has 0 atom stereocenters. The summed E-state index contributed by atoms with van der Waals surface area (Å²) in [7, 11) is 3.98. The molecule has 0 aliphatic heterocycles. The lowest BCUT2D eigenvalue weighted by Crippen LogP contribution is -2.25. The van der Waals surface area contributed by atoms with Crippen LogP contribution in [0, 0.1) is 5.92 Å². The molecule has 1 N–H and O–H groups in total. The number of nitrogens with one attached hydrogen (secondary N) is 1. The van der Waals surface area contributed by atoms with Crippen LogP contribution in [0.25, 0.3) is 0 Å². The van der Waals surface area contributed by atoms with Gasteiger partial charge in [-0.05, 0) is 43.0 Å². The maximum atomic E-state index is 11.7. The van der Waals surface area contributed by atoms with Crippen LogP contribution >= 0.6 is 0 Å². The molecule has 0 bridgehead atoms. The van der Waals surface area contributed by atoms with Gasteiger partial charge in [0.15, 0.2) is 0 Å². The molecule has 16 heavy (non-hydrogen) atoms. The van der Waals surface area contributed by atoms with E-state index in [4.69, 9.17) is 0 Å². The Kier molecular flexibility index (Phi) is 3.13. The van der Waals surface area contributed by atoms with Gasteiger partial charge in [-0.2, -0.15) is 0 Å². The summed E-state index contributed by atoms with van der Waals surface area (Å²) < 4.78 is 0. The van der Waals surface area contributed by atoms with Gasteiger partial charge in [-0.25, -0.2) is 0 Å². The maximum Gasteiger partial charge on any atom is 0.251 e. The number of carbonyl (C=O) groups excluding carboxylic acids is 1. The lowest BCUT2D eigenvalue weighted by atomic mass is 10.2. The molecule has 2 rings (SSSR count). The van der Waals surface area contributed by atoms with E-state index >= 15 is 0 Å². The van der Waals surface area contributed by atoms with Crippen molar-refractivity contribution in [3.8, 4) is 0 Å².